The third-order valence-corrected chi connectivity index (χ3v) is 6.60. The van der Waals surface area contributed by atoms with Crippen LogP contribution in [0.5, 0.6) is 17.2 Å². The van der Waals surface area contributed by atoms with Gasteiger partial charge in [-0.25, -0.2) is 0 Å². The van der Waals surface area contributed by atoms with E-state index in [-0.39, 0.29) is 34.8 Å². The number of methoxy groups -OCH3 is 2. The summed E-state index contributed by atoms with van der Waals surface area (Å²) in [5.41, 5.74) is 2.87. The van der Waals surface area contributed by atoms with Crippen LogP contribution in [0.1, 0.15) is 28.9 Å². The van der Waals surface area contributed by atoms with E-state index in [1.807, 2.05) is 31.2 Å². The number of fused-ring (bicyclic) bond motifs is 2. The summed E-state index contributed by atoms with van der Waals surface area (Å²) in [5.74, 6) is 0.216. The van der Waals surface area contributed by atoms with Crippen molar-refractivity contribution in [2.75, 3.05) is 37.4 Å². The van der Waals surface area contributed by atoms with Crippen molar-refractivity contribution < 1.29 is 24.2 Å². The number of phenolic OH excluding ortho intramolecular Hbond substituents is 1. The number of aromatic amines is 1. The maximum Gasteiger partial charge on any atom is 0.274 e. The number of rotatable bonds is 8. The highest BCUT2D eigenvalue weighted by Gasteiger charge is 2.25. The fourth-order valence-electron chi connectivity index (χ4n) is 4.41. The molecule has 2 amide bonds. The first-order chi connectivity index (χ1) is 16.9. The second-order valence-electron chi connectivity index (χ2n) is 8.19. The number of amides is 2. The van der Waals surface area contributed by atoms with Crippen molar-refractivity contribution in [3.05, 3.63) is 53.7 Å². The van der Waals surface area contributed by atoms with Crippen molar-refractivity contribution >= 4 is 57.0 Å². The number of anilines is 2. The smallest absolute Gasteiger partial charge is 0.274 e. The highest BCUT2D eigenvalue weighted by atomic mass is 35.5. The molecule has 182 valence electrons. The fourth-order valence-corrected chi connectivity index (χ4v) is 4.56. The molecule has 4 rings (SSSR count). The number of hydrogen-bond acceptors (Lipinski definition) is 5. The molecular weight excluding hydrogens is 470 g/mol. The number of hydrogen-bond donors (Lipinski definition) is 3. The number of carbonyl (C=O) groups excluding carboxylic acids is 2. The molecule has 3 N–H and O–H groups in total. The molecule has 0 aliphatic heterocycles. The summed E-state index contributed by atoms with van der Waals surface area (Å²) in [7, 11) is 4.54. The molecule has 0 aliphatic rings. The van der Waals surface area contributed by atoms with Crippen LogP contribution in [-0.4, -0.2) is 49.6 Å². The Morgan fingerprint density at radius 3 is 2.54 bits per heavy atom. The summed E-state index contributed by atoms with van der Waals surface area (Å²) in [6.07, 6.45) is 0.613. The number of phenols is 1. The molecule has 1 heterocycles. The standard InChI is InChI=1S/C26H26ClN3O5/c1-14(12-27)22-17-8-6-5-7-16(17)18(28-13-31)11-20(22)30(2)26(33)19-9-15-10-21(34-3)24(32)25(35-4)23(15)29-19/h5-11,13-14,29,32H,12H2,1-4H3,(H,28,31). The van der Waals surface area contributed by atoms with Gasteiger partial charge in [-0.3, -0.25) is 9.59 Å². The number of alkyl halides is 1. The third kappa shape index (κ3) is 4.10. The van der Waals surface area contributed by atoms with Gasteiger partial charge in [0.1, 0.15) is 5.69 Å². The number of aromatic hydroxyl groups is 1. The lowest BCUT2D eigenvalue weighted by Crippen LogP contribution is -2.28. The number of carbonyl (C=O) groups is 2. The maximum atomic E-state index is 13.7. The van der Waals surface area contributed by atoms with Gasteiger partial charge in [-0.15, -0.1) is 11.6 Å². The zero-order valence-electron chi connectivity index (χ0n) is 19.8. The van der Waals surface area contributed by atoms with Crippen molar-refractivity contribution in [3.8, 4) is 17.2 Å². The molecule has 8 nitrogen and oxygen atoms in total. The summed E-state index contributed by atoms with van der Waals surface area (Å²) in [6.45, 7) is 1.99. The minimum atomic E-state index is -0.322. The molecule has 0 bridgehead atoms. The van der Waals surface area contributed by atoms with Crippen molar-refractivity contribution in [2.24, 2.45) is 0 Å². The number of nitrogens with zero attached hydrogens (tertiary/aromatic N) is 1. The van der Waals surface area contributed by atoms with Crippen LogP contribution in [0.3, 0.4) is 0 Å². The first-order valence-electron chi connectivity index (χ1n) is 10.9. The van der Waals surface area contributed by atoms with Gasteiger partial charge in [0.15, 0.2) is 11.5 Å². The molecule has 4 aromatic rings. The zero-order valence-corrected chi connectivity index (χ0v) is 20.6. The molecule has 35 heavy (non-hydrogen) atoms. The summed E-state index contributed by atoms with van der Waals surface area (Å²) in [5, 5.41) is 15.6. The monoisotopic (exact) mass is 495 g/mol. The van der Waals surface area contributed by atoms with E-state index in [0.29, 0.717) is 34.6 Å². The molecule has 9 heteroatoms. The predicted octanol–water partition coefficient (Wildman–Crippen LogP) is 5.23. The van der Waals surface area contributed by atoms with Gasteiger partial charge in [0, 0.05) is 29.4 Å². The quantitative estimate of drug-likeness (QED) is 0.229. The molecule has 0 saturated carbocycles. The zero-order chi connectivity index (χ0) is 25.3. The van der Waals surface area contributed by atoms with Crippen molar-refractivity contribution in [1.82, 2.24) is 4.98 Å². The Bertz CT molecular complexity index is 1430. The molecule has 0 fully saturated rings. The van der Waals surface area contributed by atoms with E-state index in [2.05, 4.69) is 10.3 Å². The van der Waals surface area contributed by atoms with Gasteiger partial charge in [-0.1, -0.05) is 31.2 Å². The SMILES string of the molecule is COc1cc2cc(C(=O)N(C)c3cc(NC=O)c4ccccc4c3C(C)CCl)[nH]c2c(OC)c1O. The predicted molar refractivity (Wildman–Crippen MR) is 139 cm³/mol. The highest BCUT2D eigenvalue weighted by Crippen LogP contribution is 2.43. The number of aromatic nitrogens is 1. The van der Waals surface area contributed by atoms with Crippen LogP contribution < -0.4 is 19.7 Å². The number of nitrogens with one attached hydrogen (secondary N) is 2. The Labute approximate surface area is 207 Å². The fraction of sp³-hybridized carbons (Fsp3) is 0.231. The molecule has 0 spiro atoms. The molecular formula is C26H26ClN3O5. The van der Waals surface area contributed by atoms with Gasteiger partial charge in [-0.05, 0) is 35.1 Å². The Morgan fingerprint density at radius 2 is 1.91 bits per heavy atom. The molecule has 1 unspecified atom stereocenters. The van der Waals surface area contributed by atoms with Gasteiger partial charge in [-0.2, -0.15) is 0 Å². The molecule has 0 radical (unpaired) electrons. The van der Waals surface area contributed by atoms with E-state index >= 15 is 0 Å². The van der Waals surface area contributed by atoms with Crippen molar-refractivity contribution in [1.29, 1.82) is 0 Å². The lowest BCUT2D eigenvalue weighted by atomic mass is 9.92. The van der Waals surface area contributed by atoms with E-state index < -0.39 is 0 Å². The van der Waals surface area contributed by atoms with E-state index in [1.165, 1.54) is 19.1 Å². The molecule has 1 aromatic heterocycles. The largest absolute Gasteiger partial charge is 0.502 e. The minimum absolute atomic E-state index is 0.0684. The van der Waals surface area contributed by atoms with E-state index in [4.69, 9.17) is 21.1 Å². The Morgan fingerprint density at radius 1 is 1.20 bits per heavy atom. The third-order valence-electron chi connectivity index (χ3n) is 6.13. The Balaban J connectivity index is 1.88. The summed E-state index contributed by atoms with van der Waals surface area (Å²) in [4.78, 5) is 29.6. The second-order valence-corrected chi connectivity index (χ2v) is 8.50. The maximum absolute atomic E-state index is 13.7. The van der Waals surface area contributed by atoms with Gasteiger partial charge in [0.2, 0.25) is 12.2 Å². The van der Waals surface area contributed by atoms with Gasteiger partial charge in [0.05, 0.1) is 25.4 Å². The normalized spacial score (nSPS) is 11.9. The minimum Gasteiger partial charge on any atom is -0.502 e. The summed E-state index contributed by atoms with van der Waals surface area (Å²) >= 11 is 6.26. The average Bonchev–Trinajstić information content (AvgIpc) is 3.30. The van der Waals surface area contributed by atoms with Crippen LogP contribution in [0.4, 0.5) is 11.4 Å². The average molecular weight is 496 g/mol. The highest BCUT2D eigenvalue weighted by molar-refractivity contribution is 6.19. The van der Waals surface area contributed by atoms with Crippen LogP contribution in [0.2, 0.25) is 0 Å². The van der Waals surface area contributed by atoms with Crippen LogP contribution in [0.25, 0.3) is 21.7 Å². The van der Waals surface area contributed by atoms with Crippen molar-refractivity contribution in [2.45, 2.75) is 12.8 Å². The lowest BCUT2D eigenvalue weighted by Gasteiger charge is -2.26. The van der Waals surface area contributed by atoms with Crippen LogP contribution in [-0.2, 0) is 4.79 Å². The van der Waals surface area contributed by atoms with E-state index in [0.717, 1.165) is 16.3 Å². The number of H-pyrrole nitrogens is 1. The molecule has 3 aromatic carbocycles. The van der Waals surface area contributed by atoms with Gasteiger partial charge < -0.3 is 29.8 Å². The first kappa shape index (κ1) is 24.2. The van der Waals surface area contributed by atoms with Crippen LogP contribution in [0.15, 0.2) is 42.5 Å². The van der Waals surface area contributed by atoms with Crippen LogP contribution >= 0.6 is 11.6 Å². The molecule has 1 atom stereocenters. The Kier molecular flexibility index (Phi) is 6.75. The second kappa shape index (κ2) is 9.76. The molecule has 0 saturated heterocycles. The van der Waals surface area contributed by atoms with Gasteiger partial charge in [0.25, 0.3) is 5.91 Å². The Hall–Kier alpha value is -3.91. The number of benzene rings is 3. The first-order valence-corrected chi connectivity index (χ1v) is 11.5. The summed E-state index contributed by atoms with van der Waals surface area (Å²) in [6, 6.07) is 12.8. The van der Waals surface area contributed by atoms with Gasteiger partial charge >= 0.3 is 0 Å². The van der Waals surface area contributed by atoms with Crippen LogP contribution in [0, 0.1) is 0 Å². The lowest BCUT2D eigenvalue weighted by molar-refractivity contribution is -0.105. The van der Waals surface area contributed by atoms with Crippen molar-refractivity contribution in [3.63, 3.8) is 0 Å². The number of ether oxygens (including phenoxy) is 2. The van der Waals surface area contributed by atoms with E-state index in [9.17, 15) is 14.7 Å². The number of halogens is 1. The molecule has 0 aliphatic carbocycles. The van der Waals surface area contributed by atoms with E-state index in [1.54, 1.807) is 25.2 Å². The summed E-state index contributed by atoms with van der Waals surface area (Å²) < 4.78 is 10.6. The topological polar surface area (TPSA) is 104 Å².